The molecule has 0 radical (unpaired) electrons. The molecule has 0 atom stereocenters. The summed E-state index contributed by atoms with van der Waals surface area (Å²) in [5.74, 6) is 1.25. The van der Waals surface area contributed by atoms with Gasteiger partial charge in [-0.05, 0) is 0 Å². The fraction of sp³-hybridized carbons (Fsp3) is 0.250. The lowest BCUT2D eigenvalue weighted by Gasteiger charge is -2.14. The zero-order chi connectivity index (χ0) is 9.14. The highest BCUT2D eigenvalue weighted by Crippen LogP contribution is 2.19. The molecule has 1 aromatic heterocycles. The Hall–Kier alpha value is -1.58. The Morgan fingerprint density at radius 2 is 2.17 bits per heavy atom. The van der Waals surface area contributed by atoms with Gasteiger partial charge >= 0.3 is 0 Å². The number of rotatable bonds is 2. The van der Waals surface area contributed by atoms with Gasteiger partial charge in [-0.25, -0.2) is 9.97 Å². The van der Waals surface area contributed by atoms with Crippen molar-refractivity contribution < 1.29 is 0 Å². The summed E-state index contributed by atoms with van der Waals surface area (Å²) in [6.45, 7) is 3.65. The Balaban J connectivity index is 3.27. The molecule has 1 heterocycles. The Morgan fingerprint density at radius 1 is 1.50 bits per heavy atom. The number of hydrogen-bond donors (Lipinski definition) is 1. The Kier molecular flexibility index (Phi) is 2.28. The number of aromatic nitrogens is 2. The number of nitrogens with zero attached hydrogens (tertiary/aromatic N) is 3. The van der Waals surface area contributed by atoms with Crippen LogP contribution in [0.15, 0.2) is 12.9 Å². The van der Waals surface area contributed by atoms with Gasteiger partial charge in [-0.15, -0.1) is 0 Å². The number of nitrogens with two attached hydrogens (primary N) is 1. The highest BCUT2D eigenvalue weighted by molar-refractivity contribution is 5.70. The summed E-state index contributed by atoms with van der Waals surface area (Å²) < 4.78 is 0. The highest BCUT2D eigenvalue weighted by atomic mass is 15.1. The van der Waals surface area contributed by atoms with Crippen molar-refractivity contribution in [3.8, 4) is 0 Å². The highest BCUT2D eigenvalue weighted by Gasteiger charge is 2.06. The van der Waals surface area contributed by atoms with Crippen molar-refractivity contribution in [1.29, 1.82) is 0 Å². The maximum atomic E-state index is 5.62. The van der Waals surface area contributed by atoms with Crippen molar-refractivity contribution in [2.75, 3.05) is 24.7 Å². The Morgan fingerprint density at radius 3 is 2.58 bits per heavy atom. The zero-order valence-corrected chi connectivity index (χ0v) is 7.28. The normalized spacial score (nSPS) is 9.50. The van der Waals surface area contributed by atoms with Crippen molar-refractivity contribution in [3.05, 3.63) is 18.5 Å². The summed E-state index contributed by atoms with van der Waals surface area (Å²) in [7, 11) is 3.80. The lowest BCUT2D eigenvalue weighted by Crippen LogP contribution is -2.13. The van der Waals surface area contributed by atoms with Crippen LogP contribution in [-0.4, -0.2) is 24.1 Å². The first-order chi connectivity index (χ1) is 5.66. The van der Waals surface area contributed by atoms with Crippen LogP contribution in [0.2, 0.25) is 0 Å². The van der Waals surface area contributed by atoms with Crippen LogP contribution in [0, 0.1) is 0 Å². The van der Waals surface area contributed by atoms with Gasteiger partial charge in [0.15, 0.2) is 0 Å². The smallest absolute Gasteiger partial charge is 0.140 e. The van der Waals surface area contributed by atoms with Crippen LogP contribution in [-0.2, 0) is 0 Å². The summed E-state index contributed by atoms with van der Waals surface area (Å²) >= 11 is 0. The van der Waals surface area contributed by atoms with Crippen molar-refractivity contribution >= 4 is 17.7 Å². The van der Waals surface area contributed by atoms with E-state index in [1.807, 2.05) is 19.0 Å². The molecule has 0 bridgehead atoms. The predicted octanol–water partition coefficient (Wildman–Crippen LogP) is 0.768. The van der Waals surface area contributed by atoms with E-state index in [-0.39, 0.29) is 0 Å². The molecule has 0 aliphatic carbocycles. The molecule has 0 amide bonds. The third kappa shape index (κ3) is 1.37. The molecule has 2 N–H and O–H groups in total. The molecule has 0 saturated heterocycles. The van der Waals surface area contributed by atoms with E-state index in [9.17, 15) is 0 Å². The Bertz CT molecular complexity index is 293. The molecule has 0 saturated carbocycles. The number of anilines is 2. The monoisotopic (exact) mass is 164 g/mol. The summed E-state index contributed by atoms with van der Waals surface area (Å²) in [5.41, 5.74) is 6.40. The SMILES string of the molecule is C=Cc1c(N)ncnc1N(C)C. The molecule has 4 nitrogen and oxygen atoms in total. The quantitative estimate of drug-likeness (QED) is 0.701. The first kappa shape index (κ1) is 8.52. The zero-order valence-electron chi connectivity index (χ0n) is 7.28. The first-order valence-corrected chi connectivity index (χ1v) is 3.57. The van der Waals surface area contributed by atoms with Crippen LogP contribution in [0.5, 0.6) is 0 Å². The van der Waals surface area contributed by atoms with Gasteiger partial charge in [0.05, 0.1) is 5.56 Å². The van der Waals surface area contributed by atoms with Gasteiger partial charge in [0, 0.05) is 14.1 Å². The van der Waals surface area contributed by atoms with Crippen LogP contribution in [0.4, 0.5) is 11.6 Å². The van der Waals surface area contributed by atoms with Gasteiger partial charge in [0.1, 0.15) is 18.0 Å². The minimum Gasteiger partial charge on any atom is -0.383 e. The van der Waals surface area contributed by atoms with E-state index in [1.54, 1.807) is 6.08 Å². The van der Waals surface area contributed by atoms with E-state index < -0.39 is 0 Å². The summed E-state index contributed by atoms with van der Waals surface area (Å²) in [4.78, 5) is 9.81. The molecule has 0 spiro atoms. The number of hydrogen-bond acceptors (Lipinski definition) is 4. The molecule has 0 unspecified atom stereocenters. The summed E-state index contributed by atoms with van der Waals surface area (Å²) in [5, 5.41) is 0. The molecule has 1 aromatic rings. The molecule has 1 rings (SSSR count). The van der Waals surface area contributed by atoms with Crippen LogP contribution in [0.25, 0.3) is 6.08 Å². The van der Waals surface area contributed by atoms with Crippen molar-refractivity contribution in [2.45, 2.75) is 0 Å². The van der Waals surface area contributed by atoms with E-state index in [2.05, 4.69) is 16.5 Å². The van der Waals surface area contributed by atoms with E-state index >= 15 is 0 Å². The molecule has 64 valence electrons. The first-order valence-electron chi connectivity index (χ1n) is 3.57. The average molecular weight is 164 g/mol. The van der Waals surface area contributed by atoms with Crippen molar-refractivity contribution in [3.63, 3.8) is 0 Å². The second-order valence-electron chi connectivity index (χ2n) is 2.59. The fourth-order valence-electron chi connectivity index (χ4n) is 0.952. The average Bonchev–Trinajstić information content (AvgIpc) is 2.03. The summed E-state index contributed by atoms with van der Waals surface area (Å²) in [6.07, 6.45) is 3.10. The van der Waals surface area contributed by atoms with Gasteiger partial charge in [-0.1, -0.05) is 12.7 Å². The van der Waals surface area contributed by atoms with Crippen LogP contribution in [0.3, 0.4) is 0 Å². The van der Waals surface area contributed by atoms with E-state index in [0.717, 1.165) is 11.4 Å². The molecular formula is C8H12N4. The standard InChI is InChI=1S/C8H12N4/c1-4-6-7(9)10-5-11-8(6)12(2)3/h4-5H,1H2,2-3H3,(H2,9,10,11). The maximum Gasteiger partial charge on any atom is 0.140 e. The molecule has 12 heavy (non-hydrogen) atoms. The van der Waals surface area contributed by atoms with E-state index in [1.165, 1.54) is 6.33 Å². The van der Waals surface area contributed by atoms with Crippen molar-refractivity contribution in [2.24, 2.45) is 0 Å². The third-order valence-electron chi connectivity index (χ3n) is 1.52. The van der Waals surface area contributed by atoms with Gasteiger partial charge in [-0.2, -0.15) is 0 Å². The second kappa shape index (κ2) is 3.21. The third-order valence-corrected chi connectivity index (χ3v) is 1.52. The van der Waals surface area contributed by atoms with Gasteiger partial charge < -0.3 is 10.6 Å². The summed E-state index contributed by atoms with van der Waals surface area (Å²) in [6, 6.07) is 0. The fourth-order valence-corrected chi connectivity index (χ4v) is 0.952. The van der Waals surface area contributed by atoms with Crippen LogP contribution >= 0.6 is 0 Å². The molecule has 4 heteroatoms. The molecule has 0 fully saturated rings. The van der Waals surface area contributed by atoms with E-state index in [0.29, 0.717) is 5.82 Å². The second-order valence-corrected chi connectivity index (χ2v) is 2.59. The topological polar surface area (TPSA) is 55.0 Å². The lowest BCUT2D eigenvalue weighted by molar-refractivity contribution is 1.04. The number of nitrogen functional groups attached to an aromatic ring is 1. The molecule has 0 aliphatic heterocycles. The minimum atomic E-state index is 0.462. The maximum absolute atomic E-state index is 5.62. The van der Waals surface area contributed by atoms with Gasteiger partial charge in [0.2, 0.25) is 0 Å². The van der Waals surface area contributed by atoms with Gasteiger partial charge in [-0.3, -0.25) is 0 Å². The van der Waals surface area contributed by atoms with E-state index in [4.69, 9.17) is 5.73 Å². The van der Waals surface area contributed by atoms with Gasteiger partial charge in [0.25, 0.3) is 0 Å². The lowest BCUT2D eigenvalue weighted by atomic mass is 10.2. The van der Waals surface area contributed by atoms with Crippen LogP contribution < -0.4 is 10.6 Å². The molecular weight excluding hydrogens is 152 g/mol. The Labute approximate surface area is 71.7 Å². The van der Waals surface area contributed by atoms with Crippen molar-refractivity contribution in [1.82, 2.24) is 9.97 Å². The molecule has 0 aliphatic rings. The largest absolute Gasteiger partial charge is 0.383 e. The predicted molar refractivity (Wildman–Crippen MR) is 50.9 cm³/mol. The molecule has 0 aromatic carbocycles. The van der Waals surface area contributed by atoms with Crippen LogP contribution in [0.1, 0.15) is 5.56 Å². The minimum absolute atomic E-state index is 0.462.